The van der Waals surface area contributed by atoms with Crippen LogP contribution in [0.15, 0.2) is 30.3 Å². The number of halogens is 4. The maximum atomic E-state index is 14.6. The number of likely N-dealkylation sites (tertiary alicyclic amines) is 1. The number of aliphatic hydroxyl groups is 1. The molecule has 1 heterocycles. The molecule has 2 fully saturated rings. The molecule has 2 aliphatic rings. The summed E-state index contributed by atoms with van der Waals surface area (Å²) >= 11 is 1.94. The summed E-state index contributed by atoms with van der Waals surface area (Å²) in [6.07, 6.45) is 5.17. The van der Waals surface area contributed by atoms with Crippen LogP contribution in [0.5, 0.6) is 0 Å². The van der Waals surface area contributed by atoms with Gasteiger partial charge in [0.05, 0.1) is 30.0 Å². The molecular weight excluding hydrogens is 508 g/mol. The highest BCUT2D eigenvalue weighted by atomic mass is 127. The van der Waals surface area contributed by atoms with E-state index in [1.54, 1.807) is 6.07 Å². The lowest BCUT2D eigenvalue weighted by atomic mass is 9.72. The molecular formula is C22H22F3IN2O2. The average Bonchev–Trinajstić information content (AvgIpc) is 2.71. The van der Waals surface area contributed by atoms with Crippen LogP contribution in [0.1, 0.15) is 42.5 Å². The first-order valence-corrected chi connectivity index (χ1v) is 11.1. The Bertz CT molecular complexity index is 973. The van der Waals surface area contributed by atoms with Gasteiger partial charge in [0.1, 0.15) is 11.4 Å². The van der Waals surface area contributed by atoms with E-state index >= 15 is 0 Å². The molecule has 160 valence electrons. The number of β-amino-alcohol motifs (C(OH)–C–C–N with tert-alkyl or cyclic N) is 1. The smallest absolute Gasteiger partial charge is 0.256 e. The van der Waals surface area contributed by atoms with Gasteiger partial charge in [0, 0.05) is 3.57 Å². The van der Waals surface area contributed by atoms with Crippen LogP contribution < -0.4 is 5.32 Å². The molecule has 1 saturated heterocycles. The Kier molecular flexibility index (Phi) is 5.98. The van der Waals surface area contributed by atoms with E-state index in [2.05, 4.69) is 5.32 Å². The first kappa shape index (κ1) is 21.4. The van der Waals surface area contributed by atoms with Crippen LogP contribution in [0.2, 0.25) is 0 Å². The zero-order chi connectivity index (χ0) is 21.5. The van der Waals surface area contributed by atoms with Crippen molar-refractivity contribution in [2.24, 2.45) is 5.92 Å². The molecule has 1 amide bonds. The second-order valence-electron chi connectivity index (χ2n) is 8.13. The molecule has 0 atom stereocenters. The maximum absolute atomic E-state index is 14.6. The van der Waals surface area contributed by atoms with E-state index in [0.29, 0.717) is 3.57 Å². The van der Waals surface area contributed by atoms with Crippen LogP contribution in [0.4, 0.5) is 24.5 Å². The molecule has 0 radical (unpaired) electrons. The van der Waals surface area contributed by atoms with Gasteiger partial charge in [0.15, 0.2) is 11.6 Å². The van der Waals surface area contributed by atoms with E-state index in [0.717, 1.165) is 38.2 Å². The van der Waals surface area contributed by atoms with Crippen LogP contribution in [0.25, 0.3) is 0 Å². The third kappa shape index (κ3) is 4.03. The van der Waals surface area contributed by atoms with Crippen molar-refractivity contribution in [1.29, 1.82) is 0 Å². The van der Waals surface area contributed by atoms with Crippen molar-refractivity contribution < 1.29 is 23.1 Å². The molecule has 0 aromatic heterocycles. The third-order valence-electron chi connectivity index (χ3n) is 6.10. The van der Waals surface area contributed by atoms with Gasteiger partial charge in [-0.3, -0.25) is 4.79 Å². The molecule has 8 heteroatoms. The topological polar surface area (TPSA) is 52.6 Å². The van der Waals surface area contributed by atoms with E-state index in [1.807, 2.05) is 22.6 Å². The van der Waals surface area contributed by atoms with Crippen molar-refractivity contribution in [3.8, 4) is 0 Å². The lowest BCUT2D eigenvalue weighted by Gasteiger charge is -2.51. The van der Waals surface area contributed by atoms with Crippen molar-refractivity contribution in [3.05, 3.63) is 56.9 Å². The SMILES string of the molecule is O=C(c1ccc(F)c(F)c1Nc1ccc(I)cc1F)N1CC(O)(C2CCCCC2)C1. The summed E-state index contributed by atoms with van der Waals surface area (Å²) in [4.78, 5) is 14.4. The van der Waals surface area contributed by atoms with Gasteiger partial charge < -0.3 is 15.3 Å². The summed E-state index contributed by atoms with van der Waals surface area (Å²) in [5.74, 6) is -3.40. The zero-order valence-corrected chi connectivity index (χ0v) is 18.4. The molecule has 30 heavy (non-hydrogen) atoms. The lowest BCUT2D eigenvalue weighted by molar-refractivity contribution is -0.127. The first-order valence-electron chi connectivity index (χ1n) is 10.0. The Morgan fingerprint density at radius 1 is 1.07 bits per heavy atom. The Morgan fingerprint density at radius 2 is 1.77 bits per heavy atom. The largest absolute Gasteiger partial charge is 0.386 e. The number of benzene rings is 2. The summed E-state index contributed by atoms with van der Waals surface area (Å²) in [5.41, 5.74) is -1.49. The van der Waals surface area contributed by atoms with Gasteiger partial charge in [-0.25, -0.2) is 13.2 Å². The summed E-state index contributed by atoms with van der Waals surface area (Å²) < 4.78 is 43.3. The highest BCUT2D eigenvalue weighted by molar-refractivity contribution is 14.1. The molecule has 0 bridgehead atoms. The van der Waals surface area contributed by atoms with Gasteiger partial charge in [0.2, 0.25) is 0 Å². The quantitative estimate of drug-likeness (QED) is 0.534. The second kappa shape index (κ2) is 8.37. The molecule has 1 aliphatic carbocycles. The maximum Gasteiger partial charge on any atom is 0.256 e. The molecule has 4 nitrogen and oxygen atoms in total. The summed E-state index contributed by atoms with van der Waals surface area (Å²) in [5, 5.41) is 13.4. The van der Waals surface area contributed by atoms with Crippen LogP contribution in [0.3, 0.4) is 0 Å². The third-order valence-corrected chi connectivity index (χ3v) is 6.77. The standard InChI is InChI=1S/C22H22F3IN2O2/c23-16-8-7-15(20(19(16)25)27-18-9-6-14(26)10-17(18)24)21(29)28-11-22(30,12-28)13-4-2-1-3-5-13/h6-10,13,27,30H,1-5,11-12H2. The molecule has 4 rings (SSSR count). The van der Waals surface area contributed by atoms with Gasteiger partial charge in [-0.05, 0) is 71.7 Å². The van der Waals surface area contributed by atoms with Gasteiger partial charge >= 0.3 is 0 Å². The molecule has 1 aliphatic heterocycles. The molecule has 2 N–H and O–H groups in total. The van der Waals surface area contributed by atoms with E-state index in [1.165, 1.54) is 23.1 Å². The van der Waals surface area contributed by atoms with Gasteiger partial charge in [0.25, 0.3) is 5.91 Å². The normalized spacial score (nSPS) is 18.8. The number of nitrogens with zero attached hydrogens (tertiary/aromatic N) is 1. The van der Waals surface area contributed by atoms with Crippen molar-refractivity contribution in [2.45, 2.75) is 37.7 Å². The summed E-state index contributed by atoms with van der Waals surface area (Å²) in [7, 11) is 0. The molecule has 0 unspecified atom stereocenters. The number of hydrogen-bond acceptors (Lipinski definition) is 3. The van der Waals surface area contributed by atoms with Crippen LogP contribution >= 0.6 is 22.6 Å². The lowest BCUT2D eigenvalue weighted by Crippen LogP contribution is -2.67. The van der Waals surface area contributed by atoms with E-state index in [-0.39, 0.29) is 30.3 Å². The number of rotatable bonds is 4. The summed E-state index contributed by atoms with van der Waals surface area (Å²) in [6, 6.07) is 6.34. The minimum Gasteiger partial charge on any atom is -0.386 e. The first-order chi connectivity index (χ1) is 14.3. The molecule has 2 aromatic carbocycles. The van der Waals surface area contributed by atoms with E-state index < -0.39 is 34.6 Å². The number of hydrogen-bond donors (Lipinski definition) is 2. The van der Waals surface area contributed by atoms with Gasteiger partial charge in [-0.2, -0.15) is 0 Å². The summed E-state index contributed by atoms with van der Waals surface area (Å²) in [6.45, 7) is 0.319. The number of nitrogens with one attached hydrogen (secondary N) is 1. The fourth-order valence-electron chi connectivity index (χ4n) is 4.40. The van der Waals surface area contributed by atoms with Crippen LogP contribution in [-0.2, 0) is 0 Å². The van der Waals surface area contributed by atoms with Gasteiger partial charge in [-0.1, -0.05) is 19.3 Å². The van der Waals surface area contributed by atoms with Crippen molar-refractivity contribution in [2.75, 3.05) is 18.4 Å². The highest BCUT2D eigenvalue weighted by Crippen LogP contribution is 2.39. The number of amides is 1. The number of anilines is 2. The predicted molar refractivity (Wildman–Crippen MR) is 116 cm³/mol. The van der Waals surface area contributed by atoms with Crippen molar-refractivity contribution >= 4 is 39.9 Å². The molecule has 2 aromatic rings. The number of carbonyl (C=O) groups excluding carboxylic acids is 1. The van der Waals surface area contributed by atoms with Crippen molar-refractivity contribution in [3.63, 3.8) is 0 Å². The molecule has 0 spiro atoms. The second-order valence-corrected chi connectivity index (χ2v) is 9.38. The minimum absolute atomic E-state index is 0.0590. The highest BCUT2D eigenvalue weighted by Gasteiger charge is 2.49. The zero-order valence-electron chi connectivity index (χ0n) is 16.2. The Hall–Kier alpha value is -1.81. The Morgan fingerprint density at radius 3 is 2.43 bits per heavy atom. The molecule has 1 saturated carbocycles. The van der Waals surface area contributed by atoms with Crippen molar-refractivity contribution in [1.82, 2.24) is 4.90 Å². The average molecular weight is 530 g/mol. The van der Waals surface area contributed by atoms with E-state index in [9.17, 15) is 23.1 Å². The van der Waals surface area contributed by atoms with E-state index in [4.69, 9.17) is 0 Å². The monoisotopic (exact) mass is 530 g/mol. The number of carbonyl (C=O) groups is 1. The van der Waals surface area contributed by atoms with Gasteiger partial charge in [-0.15, -0.1) is 0 Å². The fraction of sp³-hybridized carbons (Fsp3) is 0.409. The van der Waals surface area contributed by atoms with Crippen LogP contribution in [-0.4, -0.2) is 34.6 Å². The predicted octanol–water partition coefficient (Wildman–Crippen LogP) is 5.22. The fourth-order valence-corrected chi connectivity index (χ4v) is 4.86. The Balaban J connectivity index is 1.57. The Labute approximate surface area is 186 Å². The minimum atomic E-state index is -1.25. The van der Waals surface area contributed by atoms with Crippen LogP contribution in [0, 0.1) is 26.9 Å².